The normalized spacial score (nSPS) is 21.9. The summed E-state index contributed by atoms with van der Waals surface area (Å²) in [6, 6.07) is 6.78. The zero-order chi connectivity index (χ0) is 16.6. The lowest BCUT2D eigenvalue weighted by Crippen LogP contribution is -2.35. The van der Waals surface area contributed by atoms with Crippen molar-refractivity contribution in [1.29, 1.82) is 0 Å². The molecule has 0 saturated heterocycles. The van der Waals surface area contributed by atoms with Crippen LogP contribution in [0.1, 0.15) is 24.2 Å². The molecule has 0 aromatic heterocycles. The van der Waals surface area contributed by atoms with Crippen molar-refractivity contribution in [2.24, 2.45) is 10.9 Å². The third-order valence-electron chi connectivity index (χ3n) is 4.09. The average Bonchev–Trinajstić information content (AvgIpc) is 2.53. The molecule has 2 amide bonds. The van der Waals surface area contributed by atoms with Crippen molar-refractivity contribution < 1.29 is 9.59 Å². The lowest BCUT2D eigenvalue weighted by molar-refractivity contribution is -0.117. The van der Waals surface area contributed by atoms with Gasteiger partial charge < -0.3 is 5.32 Å². The highest BCUT2D eigenvalue weighted by Gasteiger charge is 2.27. The van der Waals surface area contributed by atoms with Crippen LogP contribution in [0, 0.1) is 5.92 Å². The summed E-state index contributed by atoms with van der Waals surface area (Å²) in [6.07, 6.45) is 5.46. The van der Waals surface area contributed by atoms with Crippen LogP contribution in [-0.2, 0) is 4.79 Å². The minimum atomic E-state index is -0.406. The van der Waals surface area contributed by atoms with E-state index in [1.165, 1.54) is 0 Å². The van der Waals surface area contributed by atoms with Gasteiger partial charge in [0.25, 0.3) is 11.8 Å². The zero-order valence-corrected chi connectivity index (χ0v) is 13.5. The van der Waals surface area contributed by atoms with E-state index in [0.717, 1.165) is 16.8 Å². The molecule has 1 aliphatic heterocycles. The zero-order valence-electron chi connectivity index (χ0n) is 12.8. The quantitative estimate of drug-likeness (QED) is 0.859. The molecule has 0 spiro atoms. The van der Waals surface area contributed by atoms with Gasteiger partial charge in [-0.25, -0.2) is 4.99 Å². The molecule has 1 heterocycles. The Morgan fingerprint density at radius 1 is 1.26 bits per heavy atom. The standard InChI is InChI=1S/C18H15ClN2O2/c1-10-11(2)17(22)21-16-9-12(7-8-13(10)16)20-18(23)14-5-3-4-6-15(14)19/h3-9,13H,1-2H3,(H,21,22). The minimum absolute atomic E-state index is 0.0297. The third kappa shape index (κ3) is 2.90. The molecular formula is C18H15ClN2O2. The fourth-order valence-electron chi connectivity index (χ4n) is 2.61. The van der Waals surface area contributed by atoms with Crippen LogP contribution >= 0.6 is 11.6 Å². The van der Waals surface area contributed by atoms with Gasteiger partial charge in [-0.3, -0.25) is 9.59 Å². The molecule has 1 atom stereocenters. The van der Waals surface area contributed by atoms with E-state index in [0.29, 0.717) is 16.3 Å². The van der Waals surface area contributed by atoms with Crippen LogP contribution in [-0.4, -0.2) is 17.5 Å². The summed E-state index contributed by atoms with van der Waals surface area (Å²) in [5.41, 5.74) is 3.33. The second-order valence-corrected chi connectivity index (χ2v) is 5.93. The molecule has 116 valence electrons. The number of aliphatic imine (C=N–C) groups is 1. The van der Waals surface area contributed by atoms with Gasteiger partial charge in [-0.2, -0.15) is 0 Å². The Bertz CT molecular complexity index is 831. The van der Waals surface area contributed by atoms with Crippen LogP contribution in [0.2, 0.25) is 5.02 Å². The Labute approximate surface area is 139 Å². The second kappa shape index (κ2) is 5.97. The van der Waals surface area contributed by atoms with Crippen LogP contribution in [0.3, 0.4) is 0 Å². The first-order valence-electron chi connectivity index (χ1n) is 7.23. The molecule has 3 rings (SSSR count). The molecule has 1 aliphatic carbocycles. The summed E-state index contributed by atoms with van der Waals surface area (Å²) in [6.45, 7) is 3.74. The number of rotatable bonds is 1. The molecule has 2 aliphatic rings. The van der Waals surface area contributed by atoms with E-state index in [1.807, 2.05) is 13.0 Å². The maximum Gasteiger partial charge on any atom is 0.279 e. The minimum Gasteiger partial charge on any atom is -0.325 e. The lowest BCUT2D eigenvalue weighted by atomic mass is 9.85. The number of benzene rings is 1. The van der Waals surface area contributed by atoms with Crippen molar-refractivity contribution >= 4 is 29.1 Å². The highest BCUT2D eigenvalue weighted by atomic mass is 35.5. The average molecular weight is 327 g/mol. The summed E-state index contributed by atoms with van der Waals surface area (Å²) >= 11 is 6.02. The Hall–Kier alpha value is -2.46. The number of carbonyl (C=O) groups excluding carboxylic acids is 2. The summed E-state index contributed by atoms with van der Waals surface area (Å²) in [7, 11) is 0. The van der Waals surface area contributed by atoms with Gasteiger partial charge in [-0.05, 0) is 38.1 Å². The molecule has 1 aromatic carbocycles. The second-order valence-electron chi connectivity index (χ2n) is 5.52. The molecular weight excluding hydrogens is 312 g/mol. The number of nitrogens with zero attached hydrogens (tertiary/aromatic N) is 1. The number of amides is 2. The van der Waals surface area contributed by atoms with Gasteiger partial charge in [0.15, 0.2) is 0 Å². The predicted octanol–water partition coefficient (Wildman–Crippen LogP) is 3.46. The first-order valence-corrected chi connectivity index (χ1v) is 7.61. The van der Waals surface area contributed by atoms with Crippen LogP contribution in [0.25, 0.3) is 0 Å². The molecule has 1 unspecified atom stereocenters. The van der Waals surface area contributed by atoms with Crippen molar-refractivity contribution in [2.75, 3.05) is 0 Å². The van der Waals surface area contributed by atoms with E-state index >= 15 is 0 Å². The first-order chi connectivity index (χ1) is 11.0. The summed E-state index contributed by atoms with van der Waals surface area (Å²) in [4.78, 5) is 28.2. The number of fused-ring (bicyclic) bond motifs is 1. The number of hydrogen-bond acceptors (Lipinski definition) is 2. The van der Waals surface area contributed by atoms with Crippen LogP contribution in [0.4, 0.5) is 0 Å². The third-order valence-corrected chi connectivity index (χ3v) is 4.42. The molecule has 4 nitrogen and oxygen atoms in total. The number of nitrogens with one attached hydrogen (secondary N) is 1. The smallest absolute Gasteiger partial charge is 0.279 e. The molecule has 1 N–H and O–H groups in total. The molecule has 0 fully saturated rings. The number of carbonyl (C=O) groups is 2. The van der Waals surface area contributed by atoms with Gasteiger partial charge in [0.05, 0.1) is 16.3 Å². The molecule has 0 saturated carbocycles. The number of hydrogen-bond donors (Lipinski definition) is 1. The summed E-state index contributed by atoms with van der Waals surface area (Å²) in [5, 5.41) is 3.22. The van der Waals surface area contributed by atoms with Gasteiger partial charge in [-0.15, -0.1) is 0 Å². The molecule has 1 aromatic rings. The van der Waals surface area contributed by atoms with E-state index in [2.05, 4.69) is 10.3 Å². The van der Waals surface area contributed by atoms with Crippen molar-refractivity contribution in [3.05, 3.63) is 69.9 Å². The molecule has 0 bridgehead atoms. The van der Waals surface area contributed by atoms with Gasteiger partial charge in [0.2, 0.25) is 0 Å². The Morgan fingerprint density at radius 2 is 2.00 bits per heavy atom. The van der Waals surface area contributed by atoms with E-state index < -0.39 is 5.91 Å². The maximum absolute atomic E-state index is 12.2. The number of allylic oxidation sites excluding steroid dienone is 3. The Kier molecular flexibility index (Phi) is 4.01. The monoisotopic (exact) mass is 326 g/mol. The maximum atomic E-state index is 12.2. The highest BCUT2D eigenvalue weighted by Crippen LogP contribution is 2.30. The van der Waals surface area contributed by atoms with Crippen molar-refractivity contribution in [2.45, 2.75) is 13.8 Å². The highest BCUT2D eigenvalue weighted by molar-refractivity contribution is 6.34. The van der Waals surface area contributed by atoms with Crippen molar-refractivity contribution in [3.63, 3.8) is 0 Å². The fraction of sp³-hybridized carbons (Fsp3) is 0.167. The summed E-state index contributed by atoms with van der Waals surface area (Å²) in [5.74, 6) is -0.490. The topological polar surface area (TPSA) is 58.5 Å². The molecule has 5 heteroatoms. The van der Waals surface area contributed by atoms with Crippen LogP contribution in [0.15, 0.2) is 64.3 Å². The van der Waals surface area contributed by atoms with Crippen LogP contribution in [0.5, 0.6) is 0 Å². The first kappa shape index (κ1) is 15.4. The largest absolute Gasteiger partial charge is 0.325 e. The Morgan fingerprint density at radius 3 is 2.74 bits per heavy atom. The van der Waals surface area contributed by atoms with E-state index in [9.17, 15) is 9.59 Å². The van der Waals surface area contributed by atoms with Gasteiger partial charge >= 0.3 is 0 Å². The van der Waals surface area contributed by atoms with Gasteiger partial charge in [0.1, 0.15) is 0 Å². The van der Waals surface area contributed by atoms with E-state index in [4.69, 9.17) is 11.6 Å². The van der Waals surface area contributed by atoms with Crippen molar-refractivity contribution in [1.82, 2.24) is 5.32 Å². The Balaban J connectivity index is 1.92. The lowest BCUT2D eigenvalue weighted by Gasteiger charge is -2.28. The summed E-state index contributed by atoms with van der Waals surface area (Å²) < 4.78 is 0. The SMILES string of the molecule is CC1=C(C)C2C=CC(=NC(=O)c3ccccc3Cl)C=C2NC1=O. The molecule has 23 heavy (non-hydrogen) atoms. The van der Waals surface area contributed by atoms with Crippen LogP contribution < -0.4 is 5.32 Å². The predicted molar refractivity (Wildman–Crippen MR) is 90.4 cm³/mol. The van der Waals surface area contributed by atoms with E-state index in [1.54, 1.807) is 43.3 Å². The van der Waals surface area contributed by atoms with E-state index in [-0.39, 0.29) is 11.8 Å². The van der Waals surface area contributed by atoms with Gasteiger partial charge in [0, 0.05) is 17.2 Å². The number of halogens is 1. The molecule has 0 radical (unpaired) electrons. The van der Waals surface area contributed by atoms with Crippen molar-refractivity contribution in [3.8, 4) is 0 Å². The van der Waals surface area contributed by atoms with Gasteiger partial charge in [-0.1, -0.05) is 35.4 Å². The fourth-order valence-corrected chi connectivity index (χ4v) is 2.82.